The number of rotatable bonds is 6. The van der Waals surface area contributed by atoms with Gasteiger partial charge in [-0.05, 0) is 6.07 Å². The Labute approximate surface area is 171 Å². The zero-order chi connectivity index (χ0) is 20.4. The molecule has 0 spiro atoms. The summed E-state index contributed by atoms with van der Waals surface area (Å²) < 4.78 is 24.4. The minimum Gasteiger partial charge on any atom is -0.497 e. The zero-order valence-electron chi connectivity index (χ0n) is 16.1. The number of thiazole rings is 1. The van der Waals surface area contributed by atoms with Gasteiger partial charge in [-0.15, -0.1) is 6.58 Å². The van der Waals surface area contributed by atoms with E-state index in [1.54, 1.807) is 32.4 Å². The lowest BCUT2D eigenvalue weighted by atomic mass is 10.1. The van der Waals surface area contributed by atoms with Crippen LogP contribution in [-0.2, 0) is 17.8 Å². The van der Waals surface area contributed by atoms with Crippen molar-refractivity contribution in [3.8, 4) is 23.0 Å². The maximum atomic E-state index is 12.7. The first-order chi connectivity index (χ1) is 14.1. The van der Waals surface area contributed by atoms with E-state index in [0.717, 1.165) is 15.8 Å². The van der Waals surface area contributed by atoms with Gasteiger partial charge in [0.25, 0.3) is 5.91 Å². The van der Waals surface area contributed by atoms with Gasteiger partial charge in [-0.3, -0.25) is 4.79 Å². The van der Waals surface area contributed by atoms with Crippen molar-refractivity contribution in [2.45, 2.75) is 13.0 Å². The number of benzene rings is 2. The molecule has 1 amide bonds. The molecule has 29 heavy (non-hydrogen) atoms. The molecule has 3 aromatic rings. The molecule has 2 heterocycles. The molecular weight excluding hydrogens is 392 g/mol. The highest BCUT2D eigenvalue weighted by molar-refractivity contribution is 7.16. The van der Waals surface area contributed by atoms with Crippen LogP contribution in [0.15, 0.2) is 48.0 Å². The summed E-state index contributed by atoms with van der Waals surface area (Å²) >= 11 is 1.43. The molecule has 150 valence electrons. The molecule has 1 aliphatic rings. The normalized spacial score (nSPS) is 13.0. The molecule has 0 saturated carbocycles. The number of hydrogen-bond acceptors (Lipinski definition) is 6. The number of ether oxygens (including phenoxy) is 4. The first kappa shape index (κ1) is 19.1. The van der Waals surface area contributed by atoms with Gasteiger partial charge in [0, 0.05) is 30.3 Å². The van der Waals surface area contributed by atoms with Crippen molar-refractivity contribution in [3.05, 3.63) is 53.4 Å². The fourth-order valence-corrected chi connectivity index (χ4v) is 4.22. The van der Waals surface area contributed by atoms with Gasteiger partial charge in [-0.1, -0.05) is 23.5 Å². The van der Waals surface area contributed by atoms with Gasteiger partial charge in [-0.25, -0.2) is 0 Å². The monoisotopic (exact) mass is 412 g/mol. The largest absolute Gasteiger partial charge is 0.497 e. The second-order valence-electron chi connectivity index (χ2n) is 6.32. The Bertz CT molecular complexity index is 1160. The second kappa shape index (κ2) is 8.00. The van der Waals surface area contributed by atoms with Crippen LogP contribution in [0.1, 0.15) is 5.56 Å². The van der Waals surface area contributed by atoms with Crippen molar-refractivity contribution in [1.29, 1.82) is 0 Å². The van der Waals surface area contributed by atoms with E-state index in [0.29, 0.717) is 34.3 Å². The smallest absolute Gasteiger partial charge is 0.252 e. The van der Waals surface area contributed by atoms with E-state index >= 15 is 0 Å². The van der Waals surface area contributed by atoms with E-state index in [1.165, 1.54) is 11.3 Å². The highest BCUT2D eigenvalue weighted by Crippen LogP contribution is 2.37. The molecule has 4 rings (SSSR count). The van der Waals surface area contributed by atoms with Crippen LogP contribution in [0.2, 0.25) is 0 Å². The Morgan fingerprint density at radius 1 is 1.24 bits per heavy atom. The number of hydrogen-bond donors (Lipinski definition) is 0. The highest BCUT2D eigenvalue weighted by Gasteiger charge is 2.18. The van der Waals surface area contributed by atoms with Crippen LogP contribution in [0.3, 0.4) is 0 Å². The standard InChI is InChI=1S/C21H20N2O5S/c1-4-7-23-15-10-17-18(28-12-27-17)11-19(15)29-21(23)22-20(24)8-13-5-6-14(25-2)9-16(13)26-3/h4-6,9-11H,1,7-8,12H2,2-3H3. The van der Waals surface area contributed by atoms with E-state index in [9.17, 15) is 4.79 Å². The summed E-state index contributed by atoms with van der Waals surface area (Å²) in [6.07, 6.45) is 1.89. The summed E-state index contributed by atoms with van der Waals surface area (Å²) in [5.41, 5.74) is 1.67. The third kappa shape index (κ3) is 3.71. The van der Waals surface area contributed by atoms with E-state index in [-0.39, 0.29) is 19.1 Å². The van der Waals surface area contributed by atoms with E-state index in [1.807, 2.05) is 22.8 Å². The number of carbonyl (C=O) groups excluding carboxylic acids is 1. The van der Waals surface area contributed by atoms with Crippen molar-refractivity contribution in [1.82, 2.24) is 4.57 Å². The van der Waals surface area contributed by atoms with Crippen LogP contribution < -0.4 is 23.7 Å². The Balaban J connectivity index is 1.71. The molecule has 1 aromatic heterocycles. The summed E-state index contributed by atoms with van der Waals surface area (Å²) in [4.78, 5) is 17.7. The molecule has 0 fully saturated rings. The van der Waals surface area contributed by atoms with Gasteiger partial charge in [0.05, 0.1) is 30.9 Å². The molecule has 1 aliphatic heterocycles. The minimum absolute atomic E-state index is 0.123. The lowest BCUT2D eigenvalue weighted by Crippen LogP contribution is -2.17. The third-order valence-electron chi connectivity index (χ3n) is 4.55. The van der Waals surface area contributed by atoms with Crippen molar-refractivity contribution in [2.75, 3.05) is 21.0 Å². The Morgan fingerprint density at radius 3 is 2.76 bits per heavy atom. The maximum Gasteiger partial charge on any atom is 0.252 e. The van der Waals surface area contributed by atoms with Crippen LogP contribution in [0, 0.1) is 0 Å². The number of carbonyl (C=O) groups is 1. The quantitative estimate of drug-likeness (QED) is 0.581. The van der Waals surface area contributed by atoms with Crippen molar-refractivity contribution in [3.63, 3.8) is 0 Å². The number of nitrogens with zero attached hydrogens (tertiary/aromatic N) is 2. The van der Waals surface area contributed by atoms with E-state index in [4.69, 9.17) is 18.9 Å². The molecule has 7 nitrogen and oxygen atoms in total. The first-order valence-electron chi connectivity index (χ1n) is 8.95. The summed E-state index contributed by atoms with van der Waals surface area (Å²) in [5.74, 6) is 2.38. The minimum atomic E-state index is -0.266. The van der Waals surface area contributed by atoms with Gasteiger partial charge in [0.15, 0.2) is 16.3 Å². The van der Waals surface area contributed by atoms with Gasteiger partial charge < -0.3 is 23.5 Å². The molecule has 0 N–H and O–H groups in total. The molecule has 0 unspecified atom stereocenters. The van der Waals surface area contributed by atoms with Gasteiger partial charge in [-0.2, -0.15) is 4.99 Å². The summed E-state index contributed by atoms with van der Waals surface area (Å²) in [7, 11) is 3.15. The summed E-state index contributed by atoms with van der Waals surface area (Å²) in [5, 5.41) is 0. The summed E-state index contributed by atoms with van der Waals surface area (Å²) in [6.45, 7) is 4.56. The van der Waals surface area contributed by atoms with Crippen molar-refractivity contribution >= 4 is 27.5 Å². The van der Waals surface area contributed by atoms with E-state index < -0.39 is 0 Å². The number of aromatic nitrogens is 1. The molecule has 2 aromatic carbocycles. The Morgan fingerprint density at radius 2 is 2.03 bits per heavy atom. The van der Waals surface area contributed by atoms with Crippen LogP contribution in [0.25, 0.3) is 10.2 Å². The second-order valence-corrected chi connectivity index (χ2v) is 7.33. The molecular formula is C21H20N2O5S. The Kier molecular flexibility index (Phi) is 5.26. The third-order valence-corrected chi connectivity index (χ3v) is 5.59. The fourth-order valence-electron chi connectivity index (χ4n) is 3.16. The van der Waals surface area contributed by atoms with Crippen molar-refractivity contribution < 1.29 is 23.7 Å². The molecule has 0 atom stereocenters. The topological polar surface area (TPSA) is 71.3 Å². The van der Waals surface area contributed by atoms with Gasteiger partial charge >= 0.3 is 0 Å². The zero-order valence-corrected chi connectivity index (χ0v) is 17.0. The van der Waals surface area contributed by atoms with E-state index in [2.05, 4.69) is 11.6 Å². The predicted octanol–water partition coefficient (Wildman–Crippen LogP) is 3.30. The van der Waals surface area contributed by atoms with Gasteiger partial charge in [0.1, 0.15) is 11.5 Å². The first-order valence-corrected chi connectivity index (χ1v) is 9.77. The van der Waals surface area contributed by atoms with Crippen LogP contribution in [0.4, 0.5) is 0 Å². The molecule has 0 aliphatic carbocycles. The average molecular weight is 412 g/mol. The molecule has 0 radical (unpaired) electrons. The summed E-state index contributed by atoms with van der Waals surface area (Å²) in [6, 6.07) is 9.18. The molecule has 8 heteroatoms. The number of fused-ring (bicyclic) bond motifs is 2. The molecule has 0 saturated heterocycles. The maximum absolute atomic E-state index is 12.7. The average Bonchev–Trinajstić information content (AvgIpc) is 3.31. The number of allylic oxidation sites excluding steroid dienone is 1. The van der Waals surface area contributed by atoms with Crippen LogP contribution >= 0.6 is 11.3 Å². The number of amides is 1. The lowest BCUT2D eigenvalue weighted by Gasteiger charge is -2.08. The SMILES string of the molecule is C=CCn1c(=NC(=O)Cc2ccc(OC)cc2OC)sc2cc3c(cc21)OCO3. The highest BCUT2D eigenvalue weighted by atomic mass is 32.1. The Hall–Kier alpha value is -3.26. The van der Waals surface area contributed by atoms with Gasteiger partial charge in [0.2, 0.25) is 6.79 Å². The van der Waals surface area contributed by atoms with Crippen molar-refractivity contribution in [2.24, 2.45) is 4.99 Å². The van der Waals surface area contributed by atoms with Crippen LogP contribution in [-0.4, -0.2) is 31.5 Å². The number of methoxy groups -OCH3 is 2. The predicted molar refractivity (Wildman–Crippen MR) is 110 cm³/mol. The van der Waals surface area contributed by atoms with Crippen LogP contribution in [0.5, 0.6) is 23.0 Å². The fraction of sp³-hybridized carbons (Fsp3) is 0.238. The molecule has 0 bridgehead atoms. The lowest BCUT2D eigenvalue weighted by molar-refractivity contribution is -0.117.